The van der Waals surface area contributed by atoms with Gasteiger partial charge in [-0.1, -0.05) is 11.6 Å². The number of anilines is 1. The summed E-state index contributed by atoms with van der Waals surface area (Å²) in [4.78, 5) is 32.8. The Morgan fingerprint density at radius 1 is 1.08 bits per heavy atom. The molecule has 0 aliphatic rings. The van der Waals surface area contributed by atoms with Crippen LogP contribution >= 0.6 is 34.2 Å². The van der Waals surface area contributed by atoms with Crippen LogP contribution in [0.2, 0.25) is 5.02 Å². The molecule has 0 fully saturated rings. The molecule has 1 N–H and O–H groups in total. The first-order valence-corrected chi connectivity index (χ1v) is 13.2. The summed E-state index contributed by atoms with van der Waals surface area (Å²) in [6.07, 6.45) is 1.18. The van der Waals surface area contributed by atoms with E-state index in [-0.39, 0.29) is 47.6 Å². The van der Waals surface area contributed by atoms with E-state index in [4.69, 9.17) is 20.5 Å². The fraction of sp³-hybridized carbons (Fsp3) is 0.0435. The van der Waals surface area contributed by atoms with Crippen LogP contribution in [0.5, 0.6) is 11.5 Å². The summed E-state index contributed by atoms with van der Waals surface area (Å²) in [5, 5.41) is 33.7. The van der Waals surface area contributed by atoms with Gasteiger partial charge < -0.3 is 14.2 Å². The van der Waals surface area contributed by atoms with Crippen LogP contribution in [-0.2, 0) is 14.9 Å². The zero-order chi connectivity index (χ0) is 28.9. The number of nitrogens with one attached hydrogen (secondary N) is 1. The maximum atomic E-state index is 12.8. The Morgan fingerprint density at radius 3 is 2.26 bits per heavy atom. The lowest BCUT2D eigenvalue weighted by Gasteiger charge is -2.13. The first-order chi connectivity index (χ1) is 18.4. The lowest BCUT2D eigenvalue weighted by Crippen LogP contribution is -2.14. The standard InChI is InChI=1S/C23H14ClIN4O9S/c1-37-21-10-13(8-14(12-26)23(30)27-20-11-16(29(33)34)4-7-18(20)24)9-19(25)22(21)38-39(35,36)17-5-2-15(3-6-17)28(31)32/h2-11H,1H3,(H,27,30)/b14-8+. The van der Waals surface area contributed by atoms with Crippen molar-refractivity contribution in [2.45, 2.75) is 4.90 Å². The number of nitriles is 1. The number of methoxy groups -OCH3 is 1. The maximum Gasteiger partial charge on any atom is 0.339 e. The van der Waals surface area contributed by atoms with Gasteiger partial charge in [0.2, 0.25) is 0 Å². The number of halogens is 2. The van der Waals surface area contributed by atoms with E-state index >= 15 is 0 Å². The summed E-state index contributed by atoms with van der Waals surface area (Å²) in [6.45, 7) is 0. The highest BCUT2D eigenvalue weighted by molar-refractivity contribution is 14.1. The first-order valence-electron chi connectivity index (χ1n) is 10.3. The minimum absolute atomic E-state index is 0.0122. The van der Waals surface area contributed by atoms with Crippen molar-refractivity contribution in [2.75, 3.05) is 12.4 Å². The highest BCUT2D eigenvalue weighted by Crippen LogP contribution is 2.37. The van der Waals surface area contributed by atoms with Crippen LogP contribution in [0.4, 0.5) is 17.1 Å². The van der Waals surface area contributed by atoms with Gasteiger partial charge in [0.1, 0.15) is 16.5 Å². The van der Waals surface area contributed by atoms with Gasteiger partial charge in [0.15, 0.2) is 11.5 Å². The van der Waals surface area contributed by atoms with Gasteiger partial charge >= 0.3 is 10.1 Å². The van der Waals surface area contributed by atoms with Crippen molar-refractivity contribution in [1.82, 2.24) is 0 Å². The minimum Gasteiger partial charge on any atom is -0.493 e. The summed E-state index contributed by atoms with van der Waals surface area (Å²) in [6, 6.07) is 11.9. The fourth-order valence-electron chi connectivity index (χ4n) is 3.02. The molecule has 0 aliphatic carbocycles. The van der Waals surface area contributed by atoms with Gasteiger partial charge in [0.25, 0.3) is 17.3 Å². The van der Waals surface area contributed by atoms with E-state index < -0.39 is 31.4 Å². The summed E-state index contributed by atoms with van der Waals surface area (Å²) in [7, 11) is -3.17. The van der Waals surface area contributed by atoms with E-state index in [9.17, 15) is 38.7 Å². The summed E-state index contributed by atoms with van der Waals surface area (Å²) >= 11 is 7.76. The SMILES string of the molecule is COc1cc(/C=C(\C#N)C(=O)Nc2cc([N+](=O)[O-])ccc2Cl)cc(I)c1OS(=O)(=O)c1ccc([N+](=O)[O-])cc1. The smallest absolute Gasteiger partial charge is 0.339 e. The number of non-ortho nitro benzene ring substituents is 2. The molecule has 0 heterocycles. The van der Waals surface area contributed by atoms with Crippen molar-refractivity contribution in [3.05, 3.63) is 94.6 Å². The molecule has 13 nitrogen and oxygen atoms in total. The van der Waals surface area contributed by atoms with Crippen molar-refractivity contribution in [3.63, 3.8) is 0 Å². The van der Waals surface area contributed by atoms with Gasteiger partial charge in [-0.3, -0.25) is 25.0 Å². The van der Waals surface area contributed by atoms with Gasteiger partial charge in [0, 0.05) is 24.3 Å². The van der Waals surface area contributed by atoms with Gasteiger partial charge in [-0.05, 0) is 64.6 Å². The number of hydrogen-bond donors (Lipinski definition) is 1. The van der Waals surface area contributed by atoms with Crippen LogP contribution in [0.15, 0.2) is 65.1 Å². The van der Waals surface area contributed by atoms with E-state index in [1.807, 2.05) is 0 Å². The molecule has 16 heteroatoms. The number of carbonyl (C=O) groups excluding carboxylic acids is 1. The number of nitrogens with zero attached hydrogens (tertiary/aromatic N) is 3. The van der Waals surface area contributed by atoms with Crippen molar-refractivity contribution >= 4 is 73.4 Å². The zero-order valence-corrected chi connectivity index (χ0v) is 23.2. The molecular formula is C23H14ClIN4O9S. The highest BCUT2D eigenvalue weighted by atomic mass is 127. The molecule has 0 aromatic heterocycles. The predicted molar refractivity (Wildman–Crippen MR) is 147 cm³/mol. The Kier molecular flexibility index (Phi) is 9.06. The van der Waals surface area contributed by atoms with Crippen LogP contribution in [0.3, 0.4) is 0 Å². The number of amides is 1. The van der Waals surface area contributed by atoms with Gasteiger partial charge in [-0.15, -0.1) is 0 Å². The number of hydrogen-bond acceptors (Lipinski definition) is 10. The molecule has 0 saturated heterocycles. The molecule has 0 atom stereocenters. The van der Waals surface area contributed by atoms with Crippen molar-refractivity contribution in [2.24, 2.45) is 0 Å². The molecule has 0 bridgehead atoms. The molecule has 3 rings (SSSR count). The normalized spacial score (nSPS) is 11.3. The van der Waals surface area contributed by atoms with Crippen LogP contribution in [0.1, 0.15) is 5.56 Å². The van der Waals surface area contributed by atoms with E-state index in [0.717, 1.165) is 36.4 Å². The summed E-state index contributed by atoms with van der Waals surface area (Å²) in [5.41, 5.74) is -0.849. The largest absolute Gasteiger partial charge is 0.493 e. The van der Waals surface area contributed by atoms with Gasteiger partial charge in [0.05, 0.1) is 31.2 Å². The molecule has 3 aromatic rings. The molecule has 0 saturated carbocycles. The number of nitro benzene ring substituents is 2. The Labute approximate surface area is 239 Å². The number of rotatable bonds is 9. The third kappa shape index (κ3) is 6.98. The maximum absolute atomic E-state index is 12.8. The highest BCUT2D eigenvalue weighted by Gasteiger charge is 2.23. The van der Waals surface area contributed by atoms with E-state index in [2.05, 4.69) is 5.32 Å². The molecule has 0 unspecified atom stereocenters. The second-order valence-electron chi connectivity index (χ2n) is 7.37. The van der Waals surface area contributed by atoms with E-state index in [1.54, 1.807) is 28.7 Å². The second kappa shape index (κ2) is 12.1. The lowest BCUT2D eigenvalue weighted by molar-refractivity contribution is -0.385. The molecule has 200 valence electrons. The molecule has 0 spiro atoms. The van der Waals surface area contributed by atoms with Crippen LogP contribution in [0.25, 0.3) is 6.08 Å². The third-order valence-electron chi connectivity index (χ3n) is 4.87. The second-order valence-corrected chi connectivity index (χ2v) is 10.5. The van der Waals surface area contributed by atoms with Gasteiger partial charge in [-0.2, -0.15) is 13.7 Å². The Bertz CT molecular complexity index is 1670. The third-order valence-corrected chi connectivity index (χ3v) is 7.23. The van der Waals surface area contributed by atoms with Crippen LogP contribution in [0, 0.1) is 35.1 Å². The number of benzene rings is 3. The zero-order valence-electron chi connectivity index (χ0n) is 19.5. The number of ether oxygens (including phenoxy) is 1. The first kappa shape index (κ1) is 29.3. The van der Waals surface area contributed by atoms with Gasteiger partial charge in [-0.25, -0.2) is 0 Å². The summed E-state index contributed by atoms with van der Waals surface area (Å²) < 4.78 is 36.2. The Morgan fingerprint density at radius 2 is 1.69 bits per heavy atom. The topological polar surface area (TPSA) is 192 Å². The lowest BCUT2D eigenvalue weighted by atomic mass is 10.1. The Hall–Kier alpha value is -4.27. The fourth-order valence-corrected chi connectivity index (χ4v) is 5.03. The van der Waals surface area contributed by atoms with Crippen LogP contribution in [-0.4, -0.2) is 31.3 Å². The monoisotopic (exact) mass is 684 g/mol. The minimum atomic E-state index is -4.41. The molecule has 0 radical (unpaired) electrons. The molecule has 1 amide bonds. The van der Waals surface area contributed by atoms with Crippen LogP contribution < -0.4 is 14.2 Å². The number of nitro groups is 2. The van der Waals surface area contributed by atoms with E-state index in [1.165, 1.54) is 31.4 Å². The molecular weight excluding hydrogens is 671 g/mol. The molecule has 39 heavy (non-hydrogen) atoms. The predicted octanol–water partition coefficient (Wildman–Crippen LogP) is 5.08. The van der Waals surface area contributed by atoms with E-state index in [0.29, 0.717) is 0 Å². The Balaban J connectivity index is 1.91. The van der Waals surface area contributed by atoms with Crippen molar-refractivity contribution in [3.8, 4) is 17.6 Å². The average Bonchev–Trinajstić information content (AvgIpc) is 2.89. The van der Waals surface area contributed by atoms with Crippen molar-refractivity contribution in [1.29, 1.82) is 5.26 Å². The molecule has 0 aliphatic heterocycles. The molecule has 3 aromatic carbocycles. The van der Waals surface area contributed by atoms with Crippen molar-refractivity contribution < 1.29 is 32.0 Å². The quantitative estimate of drug-likeness (QED) is 0.0793. The average molecular weight is 685 g/mol. The number of carbonyl (C=O) groups is 1. The summed E-state index contributed by atoms with van der Waals surface area (Å²) in [5.74, 6) is -1.16.